The highest BCUT2D eigenvalue weighted by Crippen LogP contribution is 2.36. The number of ether oxygens (including phenoxy) is 1. The summed E-state index contributed by atoms with van der Waals surface area (Å²) in [5, 5.41) is 11.7. The van der Waals surface area contributed by atoms with Crippen LogP contribution >= 0.6 is 0 Å². The molecule has 0 bridgehead atoms. The van der Waals surface area contributed by atoms with Crippen LogP contribution in [0.2, 0.25) is 0 Å². The first-order chi connectivity index (χ1) is 17.7. The summed E-state index contributed by atoms with van der Waals surface area (Å²) in [4.78, 5) is 16.8. The molecule has 1 fully saturated rings. The van der Waals surface area contributed by atoms with Crippen LogP contribution in [0.3, 0.4) is 0 Å². The van der Waals surface area contributed by atoms with Crippen LogP contribution in [0.5, 0.6) is 0 Å². The van der Waals surface area contributed by atoms with Crippen molar-refractivity contribution in [1.29, 1.82) is 0 Å². The van der Waals surface area contributed by atoms with Crippen molar-refractivity contribution in [1.82, 2.24) is 30.0 Å². The second-order valence-electron chi connectivity index (χ2n) is 8.92. The molecule has 1 unspecified atom stereocenters. The Kier molecular flexibility index (Phi) is 5.88. The van der Waals surface area contributed by atoms with Crippen LogP contribution in [0.1, 0.15) is 11.9 Å². The monoisotopic (exact) mass is 477 g/mol. The van der Waals surface area contributed by atoms with Gasteiger partial charge in [-0.3, -0.25) is 15.0 Å². The first-order valence-electron chi connectivity index (χ1n) is 12.1. The van der Waals surface area contributed by atoms with Gasteiger partial charge in [0.1, 0.15) is 11.5 Å². The maximum Gasteiger partial charge on any atom is 0.200 e. The molecule has 1 saturated heterocycles. The maximum absolute atomic E-state index is 5.67. The number of hydrogen-bond acceptors (Lipinski definition) is 7. The lowest BCUT2D eigenvalue weighted by molar-refractivity contribution is 0.00197. The summed E-state index contributed by atoms with van der Waals surface area (Å²) >= 11 is 0. The number of anilines is 1. The molecular weight excluding hydrogens is 450 g/mol. The van der Waals surface area contributed by atoms with Crippen LogP contribution in [-0.4, -0.2) is 63.9 Å². The molecule has 36 heavy (non-hydrogen) atoms. The fraction of sp³-hybridized carbons (Fsp3) is 0.214. The van der Waals surface area contributed by atoms with Gasteiger partial charge < -0.3 is 10.1 Å². The summed E-state index contributed by atoms with van der Waals surface area (Å²) in [7, 11) is 3.99. The third-order valence-electron chi connectivity index (χ3n) is 6.70. The van der Waals surface area contributed by atoms with Crippen molar-refractivity contribution < 1.29 is 4.74 Å². The Balaban J connectivity index is 1.50. The summed E-state index contributed by atoms with van der Waals surface area (Å²) in [5.41, 5.74) is 6.70. The van der Waals surface area contributed by atoms with Crippen molar-refractivity contribution in [2.75, 3.05) is 39.2 Å². The molecule has 4 heterocycles. The summed E-state index contributed by atoms with van der Waals surface area (Å²) in [6.07, 6.45) is 1.77. The van der Waals surface area contributed by atoms with E-state index in [2.05, 4.69) is 74.9 Å². The number of pyridine rings is 2. The second kappa shape index (κ2) is 9.49. The van der Waals surface area contributed by atoms with E-state index in [9.17, 15) is 0 Å². The van der Waals surface area contributed by atoms with Crippen molar-refractivity contribution >= 4 is 16.6 Å². The molecule has 0 radical (unpaired) electrons. The van der Waals surface area contributed by atoms with Gasteiger partial charge in [-0.15, -0.1) is 0 Å². The number of fused-ring (bicyclic) bond motifs is 1. The zero-order valence-electron chi connectivity index (χ0n) is 20.3. The number of nitrogens with one attached hydrogen (secondary N) is 2. The first kappa shape index (κ1) is 22.3. The van der Waals surface area contributed by atoms with Crippen molar-refractivity contribution in [2.24, 2.45) is 0 Å². The van der Waals surface area contributed by atoms with E-state index in [0.717, 1.165) is 58.0 Å². The molecule has 1 aliphatic heterocycles. The maximum atomic E-state index is 5.67. The minimum Gasteiger partial charge on any atom is -0.388 e. The lowest BCUT2D eigenvalue weighted by atomic mass is 9.97. The van der Waals surface area contributed by atoms with E-state index >= 15 is 0 Å². The molecule has 2 N–H and O–H groups in total. The molecule has 6 rings (SSSR count). The molecule has 0 spiro atoms. The summed E-state index contributed by atoms with van der Waals surface area (Å²) < 4.78 is 5.67. The van der Waals surface area contributed by atoms with Gasteiger partial charge >= 0.3 is 0 Å². The molecule has 0 amide bonds. The van der Waals surface area contributed by atoms with Gasteiger partial charge in [-0.25, -0.2) is 9.97 Å². The molecule has 1 atom stereocenters. The predicted octanol–water partition coefficient (Wildman–Crippen LogP) is 4.79. The Morgan fingerprint density at radius 3 is 2.58 bits per heavy atom. The molecule has 1 aliphatic rings. The van der Waals surface area contributed by atoms with Gasteiger partial charge in [0.05, 0.1) is 30.5 Å². The molecular formula is C28H27N7O. The van der Waals surface area contributed by atoms with Gasteiger partial charge in [-0.2, -0.15) is 5.10 Å². The van der Waals surface area contributed by atoms with Crippen LogP contribution in [0.25, 0.3) is 44.8 Å². The van der Waals surface area contributed by atoms with E-state index < -0.39 is 0 Å². The standard InChI is InChI=1S/C28H27N7O/c1-29-20-10-8-19(9-11-20)25-21(18-6-4-3-5-7-18)16-22-23(31-25)12-13-30-26(22)28-32-27(33-34-28)24-17-36-15-14-35(24)2/h3-13,16,24,29H,14-15,17H2,1-2H3,(H,32,33,34). The Morgan fingerprint density at radius 1 is 0.972 bits per heavy atom. The Labute approximate surface area is 209 Å². The predicted molar refractivity (Wildman–Crippen MR) is 142 cm³/mol. The number of nitrogens with zero attached hydrogens (tertiary/aromatic N) is 5. The highest BCUT2D eigenvalue weighted by molar-refractivity contribution is 5.97. The number of benzene rings is 2. The van der Waals surface area contributed by atoms with Gasteiger partial charge in [0, 0.05) is 42.0 Å². The van der Waals surface area contributed by atoms with Crippen LogP contribution in [-0.2, 0) is 4.74 Å². The van der Waals surface area contributed by atoms with E-state index in [4.69, 9.17) is 14.7 Å². The second-order valence-corrected chi connectivity index (χ2v) is 8.92. The Morgan fingerprint density at radius 2 is 1.81 bits per heavy atom. The molecule has 0 aliphatic carbocycles. The highest BCUT2D eigenvalue weighted by atomic mass is 16.5. The molecule has 8 heteroatoms. The quantitative estimate of drug-likeness (QED) is 0.376. The number of likely N-dealkylation sites (N-methyl/N-ethyl adjacent to an activating group) is 1. The highest BCUT2D eigenvalue weighted by Gasteiger charge is 2.25. The Hall–Kier alpha value is -4.14. The van der Waals surface area contributed by atoms with Gasteiger partial charge in [-0.1, -0.05) is 42.5 Å². The fourth-order valence-corrected chi connectivity index (χ4v) is 4.63. The SMILES string of the molecule is CNc1ccc(-c2nc3ccnc(-c4n[nH]c(C5COCCN5C)n4)c3cc2-c2ccccc2)cc1. The minimum absolute atomic E-state index is 0.0418. The molecule has 2 aromatic carbocycles. The lowest BCUT2D eigenvalue weighted by Gasteiger charge is -2.30. The van der Waals surface area contributed by atoms with Crippen LogP contribution in [0, 0.1) is 0 Å². The van der Waals surface area contributed by atoms with Gasteiger partial charge in [-0.05, 0) is 36.9 Å². The lowest BCUT2D eigenvalue weighted by Crippen LogP contribution is -2.37. The molecule has 180 valence electrons. The first-order valence-corrected chi connectivity index (χ1v) is 12.1. The largest absolute Gasteiger partial charge is 0.388 e. The number of morpholine rings is 1. The van der Waals surface area contributed by atoms with Crippen molar-refractivity contribution in [3.8, 4) is 33.9 Å². The number of aromatic nitrogens is 5. The van der Waals surface area contributed by atoms with E-state index in [1.807, 2.05) is 31.3 Å². The smallest absolute Gasteiger partial charge is 0.200 e. The fourth-order valence-electron chi connectivity index (χ4n) is 4.63. The van der Waals surface area contributed by atoms with Gasteiger partial charge in [0.2, 0.25) is 5.82 Å². The topological polar surface area (TPSA) is 91.9 Å². The number of hydrogen-bond donors (Lipinski definition) is 2. The number of H-pyrrole nitrogens is 1. The summed E-state index contributed by atoms with van der Waals surface area (Å²) in [6.45, 7) is 2.17. The van der Waals surface area contributed by atoms with Crippen molar-refractivity contribution in [3.63, 3.8) is 0 Å². The normalized spacial score (nSPS) is 16.3. The number of rotatable bonds is 5. The summed E-state index contributed by atoms with van der Waals surface area (Å²) in [5.74, 6) is 1.34. The average molecular weight is 478 g/mol. The van der Waals surface area contributed by atoms with Gasteiger partial charge in [0.25, 0.3) is 0 Å². The van der Waals surface area contributed by atoms with E-state index in [-0.39, 0.29) is 6.04 Å². The minimum atomic E-state index is 0.0418. The third kappa shape index (κ3) is 4.10. The van der Waals surface area contributed by atoms with Crippen LogP contribution in [0.4, 0.5) is 5.69 Å². The molecule has 0 saturated carbocycles. The zero-order valence-corrected chi connectivity index (χ0v) is 20.3. The van der Waals surface area contributed by atoms with Crippen LogP contribution in [0.15, 0.2) is 72.9 Å². The number of aromatic amines is 1. The molecule has 5 aromatic rings. The average Bonchev–Trinajstić information content (AvgIpc) is 3.42. The van der Waals surface area contributed by atoms with Crippen molar-refractivity contribution in [2.45, 2.75) is 6.04 Å². The van der Waals surface area contributed by atoms with E-state index in [1.54, 1.807) is 6.20 Å². The third-order valence-corrected chi connectivity index (χ3v) is 6.70. The zero-order chi connectivity index (χ0) is 24.5. The Bertz CT molecular complexity index is 1500. The van der Waals surface area contributed by atoms with Crippen molar-refractivity contribution in [3.05, 3.63) is 78.8 Å². The molecule has 3 aromatic heterocycles. The van der Waals surface area contributed by atoms with Gasteiger partial charge in [0.15, 0.2) is 0 Å². The van der Waals surface area contributed by atoms with E-state index in [0.29, 0.717) is 18.1 Å². The summed E-state index contributed by atoms with van der Waals surface area (Å²) in [6, 6.07) is 22.8. The van der Waals surface area contributed by atoms with E-state index in [1.165, 1.54) is 0 Å². The van der Waals surface area contributed by atoms with Crippen LogP contribution < -0.4 is 5.32 Å². The molecule has 8 nitrogen and oxygen atoms in total.